The highest BCUT2D eigenvalue weighted by Gasteiger charge is 2.28. The predicted octanol–water partition coefficient (Wildman–Crippen LogP) is 2.00. The van der Waals surface area contributed by atoms with Crippen LogP contribution in [0, 0.1) is 0 Å². The number of hydrogen-bond donors (Lipinski definition) is 2. The van der Waals surface area contributed by atoms with Gasteiger partial charge in [-0.15, -0.1) is 24.0 Å². The van der Waals surface area contributed by atoms with Crippen LogP contribution in [-0.2, 0) is 14.6 Å². The van der Waals surface area contributed by atoms with E-state index >= 15 is 0 Å². The quantitative estimate of drug-likeness (QED) is 0.377. The number of benzene rings is 1. The van der Waals surface area contributed by atoms with E-state index in [1.807, 2.05) is 24.3 Å². The van der Waals surface area contributed by atoms with Crippen LogP contribution in [-0.4, -0.2) is 52.6 Å². The van der Waals surface area contributed by atoms with Crippen LogP contribution in [0.15, 0.2) is 29.3 Å². The topological polar surface area (TPSA) is 79.8 Å². The van der Waals surface area contributed by atoms with Crippen molar-refractivity contribution in [3.8, 4) is 0 Å². The molecule has 1 heterocycles. The van der Waals surface area contributed by atoms with Gasteiger partial charge in [-0.3, -0.25) is 4.99 Å². The molecule has 2 unspecified atom stereocenters. The Morgan fingerprint density at radius 2 is 2.25 bits per heavy atom. The highest BCUT2D eigenvalue weighted by molar-refractivity contribution is 14.0. The summed E-state index contributed by atoms with van der Waals surface area (Å²) >= 11 is 6.01. The number of hydrogen-bond acceptors (Lipinski definition) is 4. The summed E-state index contributed by atoms with van der Waals surface area (Å²) in [5, 5.41) is 6.97. The van der Waals surface area contributed by atoms with Gasteiger partial charge in [-0.05, 0) is 24.1 Å². The van der Waals surface area contributed by atoms with Crippen LogP contribution in [0.25, 0.3) is 0 Å². The summed E-state index contributed by atoms with van der Waals surface area (Å²) < 4.78 is 28.5. The molecular weight excluding hydrogens is 465 g/mol. The van der Waals surface area contributed by atoms with Gasteiger partial charge in [0.2, 0.25) is 0 Å². The maximum atomic E-state index is 11.5. The van der Waals surface area contributed by atoms with Gasteiger partial charge in [0.1, 0.15) is 0 Å². The Balaban J connectivity index is 0.00000288. The van der Waals surface area contributed by atoms with Crippen molar-refractivity contribution < 1.29 is 13.2 Å². The Morgan fingerprint density at radius 1 is 1.50 bits per heavy atom. The Morgan fingerprint density at radius 3 is 2.79 bits per heavy atom. The largest absolute Gasteiger partial charge is 0.375 e. The van der Waals surface area contributed by atoms with Crippen LogP contribution in [0.1, 0.15) is 18.1 Å². The van der Waals surface area contributed by atoms with Crippen molar-refractivity contribution in [1.82, 2.24) is 10.6 Å². The van der Waals surface area contributed by atoms with E-state index in [1.54, 1.807) is 14.2 Å². The van der Waals surface area contributed by atoms with Gasteiger partial charge in [-0.25, -0.2) is 8.42 Å². The van der Waals surface area contributed by atoms with Crippen LogP contribution >= 0.6 is 35.6 Å². The van der Waals surface area contributed by atoms with Gasteiger partial charge in [-0.1, -0.05) is 23.7 Å². The predicted molar refractivity (Wildman–Crippen MR) is 108 cm³/mol. The molecule has 0 amide bonds. The number of aliphatic imine (C=N–C) groups is 1. The molecule has 1 aromatic rings. The lowest BCUT2D eigenvalue weighted by atomic mass is 10.1. The smallest absolute Gasteiger partial charge is 0.191 e. The van der Waals surface area contributed by atoms with Crippen LogP contribution in [0.5, 0.6) is 0 Å². The lowest BCUT2D eigenvalue weighted by molar-refractivity contribution is 0.106. The summed E-state index contributed by atoms with van der Waals surface area (Å²) in [6.45, 7) is 0.496. The van der Waals surface area contributed by atoms with Crippen LogP contribution in [0.3, 0.4) is 0 Å². The zero-order valence-corrected chi connectivity index (χ0v) is 17.6. The van der Waals surface area contributed by atoms with Crippen LogP contribution in [0.4, 0.5) is 0 Å². The van der Waals surface area contributed by atoms with Gasteiger partial charge in [0.05, 0.1) is 17.6 Å². The van der Waals surface area contributed by atoms with Crippen molar-refractivity contribution in [3.63, 3.8) is 0 Å². The average Bonchev–Trinajstić information content (AvgIpc) is 2.85. The van der Waals surface area contributed by atoms with Crippen molar-refractivity contribution >= 4 is 51.4 Å². The molecule has 1 saturated heterocycles. The van der Waals surface area contributed by atoms with Gasteiger partial charge < -0.3 is 15.4 Å². The summed E-state index contributed by atoms with van der Waals surface area (Å²) in [6.07, 6.45) is 0.421. The Hall–Kier alpha value is -0.580. The molecule has 0 radical (unpaired) electrons. The first-order valence-electron chi connectivity index (χ1n) is 7.39. The zero-order chi connectivity index (χ0) is 16.9. The molecular formula is C15H23ClIN3O3S. The highest BCUT2D eigenvalue weighted by atomic mass is 127. The normalized spacial score (nSPS) is 21.0. The number of rotatable bonds is 5. The number of methoxy groups -OCH3 is 1. The van der Waals surface area contributed by atoms with Crippen LogP contribution in [0.2, 0.25) is 5.02 Å². The van der Waals surface area contributed by atoms with E-state index in [9.17, 15) is 8.42 Å². The molecule has 2 N–H and O–H groups in total. The summed E-state index contributed by atoms with van der Waals surface area (Å²) in [5.74, 6) is 0.941. The molecule has 1 aliphatic heterocycles. The minimum absolute atomic E-state index is 0. The molecule has 0 saturated carbocycles. The van der Waals surface area contributed by atoms with E-state index in [-0.39, 0.29) is 47.6 Å². The molecule has 1 aromatic carbocycles. The molecule has 24 heavy (non-hydrogen) atoms. The number of sulfone groups is 1. The van der Waals surface area contributed by atoms with Crippen molar-refractivity contribution in [3.05, 3.63) is 34.9 Å². The van der Waals surface area contributed by atoms with E-state index in [1.165, 1.54) is 0 Å². The van der Waals surface area contributed by atoms with Gasteiger partial charge in [0, 0.05) is 31.8 Å². The molecule has 1 aliphatic rings. The molecule has 0 spiro atoms. The Labute approximate surface area is 165 Å². The van der Waals surface area contributed by atoms with Crippen molar-refractivity contribution in [2.45, 2.75) is 18.6 Å². The van der Waals surface area contributed by atoms with E-state index in [0.29, 0.717) is 23.9 Å². The van der Waals surface area contributed by atoms with Crippen molar-refractivity contribution in [2.24, 2.45) is 4.99 Å². The van der Waals surface area contributed by atoms with Crippen molar-refractivity contribution in [2.75, 3.05) is 32.2 Å². The van der Waals surface area contributed by atoms with Gasteiger partial charge in [0.15, 0.2) is 15.8 Å². The number of nitrogens with one attached hydrogen (secondary N) is 2. The number of nitrogens with zero attached hydrogens (tertiary/aromatic N) is 1. The molecule has 0 bridgehead atoms. The molecule has 2 rings (SSSR count). The summed E-state index contributed by atoms with van der Waals surface area (Å²) in [4.78, 5) is 4.13. The Bertz CT molecular complexity index is 670. The van der Waals surface area contributed by atoms with E-state index in [4.69, 9.17) is 16.3 Å². The maximum absolute atomic E-state index is 11.5. The third kappa shape index (κ3) is 6.38. The van der Waals surface area contributed by atoms with Crippen LogP contribution < -0.4 is 10.6 Å². The molecule has 2 atom stereocenters. The second kappa shape index (κ2) is 9.79. The fraction of sp³-hybridized carbons (Fsp3) is 0.533. The number of halogens is 2. The van der Waals surface area contributed by atoms with E-state index in [2.05, 4.69) is 15.6 Å². The molecule has 136 valence electrons. The van der Waals surface area contributed by atoms with Gasteiger partial charge in [-0.2, -0.15) is 0 Å². The first kappa shape index (κ1) is 21.5. The summed E-state index contributed by atoms with van der Waals surface area (Å²) in [6, 6.07) is 7.39. The highest BCUT2D eigenvalue weighted by Crippen LogP contribution is 2.19. The lowest BCUT2D eigenvalue weighted by Crippen LogP contribution is -2.45. The fourth-order valence-corrected chi connectivity index (χ4v) is 4.40. The molecule has 1 fully saturated rings. The molecule has 0 aliphatic carbocycles. The third-order valence-corrected chi connectivity index (χ3v) is 5.76. The second-order valence-corrected chi connectivity index (χ2v) is 8.14. The minimum atomic E-state index is -2.92. The first-order valence-corrected chi connectivity index (χ1v) is 9.59. The van der Waals surface area contributed by atoms with Gasteiger partial charge >= 0.3 is 0 Å². The molecule has 6 nitrogen and oxygen atoms in total. The number of ether oxygens (including phenoxy) is 1. The average molecular weight is 488 g/mol. The zero-order valence-electron chi connectivity index (χ0n) is 13.7. The molecule has 0 aromatic heterocycles. The monoisotopic (exact) mass is 487 g/mol. The minimum Gasteiger partial charge on any atom is -0.375 e. The maximum Gasteiger partial charge on any atom is 0.191 e. The standard InChI is InChI=1S/C15H22ClN3O3S.HI/c1-17-15(19-13-6-7-23(20,21)10-13)18-9-14(22-2)11-4-3-5-12(16)8-11;/h3-5,8,13-14H,6-7,9-10H2,1-2H3,(H2,17,18,19);1H. The van der Waals surface area contributed by atoms with Gasteiger partial charge in [0.25, 0.3) is 0 Å². The number of guanidine groups is 1. The summed E-state index contributed by atoms with van der Waals surface area (Å²) in [5.41, 5.74) is 0.964. The molecule has 9 heteroatoms. The van der Waals surface area contributed by atoms with Crippen molar-refractivity contribution in [1.29, 1.82) is 0 Å². The Kier molecular flexibility index (Phi) is 8.75. The van der Waals surface area contributed by atoms with E-state index in [0.717, 1.165) is 5.56 Å². The fourth-order valence-electron chi connectivity index (χ4n) is 2.53. The third-order valence-electron chi connectivity index (χ3n) is 3.76. The SMILES string of the molecule is CN=C(NCC(OC)c1cccc(Cl)c1)NC1CCS(=O)(=O)C1.I. The lowest BCUT2D eigenvalue weighted by Gasteiger charge is -2.20. The summed E-state index contributed by atoms with van der Waals surface area (Å²) in [7, 11) is 0.367. The first-order chi connectivity index (χ1) is 10.9. The van der Waals surface area contributed by atoms with E-state index < -0.39 is 9.84 Å². The second-order valence-electron chi connectivity index (χ2n) is 5.48.